The van der Waals surface area contributed by atoms with E-state index in [1.54, 1.807) is 42.3 Å². The fraction of sp³-hybridized carbons (Fsp3) is 0.409. The summed E-state index contributed by atoms with van der Waals surface area (Å²) in [6.07, 6.45) is 0. The zero-order chi connectivity index (χ0) is 22.3. The van der Waals surface area contributed by atoms with Crippen molar-refractivity contribution in [2.45, 2.75) is 39.5 Å². The van der Waals surface area contributed by atoms with Crippen LogP contribution < -0.4 is 19.1 Å². The molecule has 2 aromatic rings. The number of hydrogen-bond acceptors (Lipinski definition) is 5. The molecule has 0 saturated heterocycles. The smallest absolute Gasteiger partial charge is 0.261 e. The first-order chi connectivity index (χ1) is 14.0. The number of anilines is 2. The fourth-order valence-corrected chi connectivity index (χ4v) is 4.72. The molecule has 2 aromatic carbocycles. The molecule has 0 aliphatic carbocycles. The van der Waals surface area contributed by atoms with Crippen molar-refractivity contribution >= 4 is 27.3 Å². The van der Waals surface area contributed by atoms with E-state index in [0.29, 0.717) is 29.5 Å². The van der Waals surface area contributed by atoms with Crippen LogP contribution in [0.2, 0.25) is 0 Å². The highest BCUT2D eigenvalue weighted by molar-refractivity contribution is 7.92. The number of carbonyl (C=O) groups is 1. The first-order valence-corrected chi connectivity index (χ1v) is 11.3. The fourth-order valence-electron chi connectivity index (χ4n) is 3.51. The molecule has 0 atom stereocenters. The number of ether oxygens (including phenoxy) is 2. The van der Waals surface area contributed by atoms with E-state index in [9.17, 15) is 13.2 Å². The monoisotopic (exact) mass is 432 g/mol. The van der Waals surface area contributed by atoms with Gasteiger partial charge < -0.3 is 14.4 Å². The van der Waals surface area contributed by atoms with Gasteiger partial charge in [-0.3, -0.25) is 9.52 Å². The minimum Gasteiger partial charge on any atom is -0.493 e. The van der Waals surface area contributed by atoms with Gasteiger partial charge in [0, 0.05) is 13.1 Å². The summed E-state index contributed by atoms with van der Waals surface area (Å²) in [5, 5.41) is 0. The van der Waals surface area contributed by atoms with Crippen LogP contribution in [0.4, 0.5) is 11.4 Å². The second-order valence-corrected chi connectivity index (χ2v) is 9.83. The molecule has 3 rings (SSSR count). The predicted molar refractivity (Wildman–Crippen MR) is 117 cm³/mol. The average molecular weight is 433 g/mol. The van der Waals surface area contributed by atoms with Gasteiger partial charge in [-0.1, -0.05) is 0 Å². The van der Waals surface area contributed by atoms with E-state index in [-0.39, 0.29) is 17.4 Å². The molecule has 8 heteroatoms. The van der Waals surface area contributed by atoms with Crippen LogP contribution in [0.15, 0.2) is 35.2 Å². The van der Waals surface area contributed by atoms with E-state index >= 15 is 0 Å². The number of sulfonamides is 1. The van der Waals surface area contributed by atoms with Gasteiger partial charge in [0.2, 0.25) is 5.91 Å². The maximum Gasteiger partial charge on any atom is 0.261 e. The standard InChI is InChI=1S/C22H28N2O5S/c1-7-28-20-14(2)10-17(11-15(20)3)30(26,27)23-16-8-9-18-19(12-16)29-13-22(4,5)21(25)24(18)6/h8-12,23H,7,13H2,1-6H3. The molecule has 1 aliphatic heterocycles. The molecule has 0 bridgehead atoms. The van der Waals surface area contributed by atoms with E-state index in [2.05, 4.69) is 4.72 Å². The third-order valence-electron chi connectivity index (χ3n) is 5.08. The summed E-state index contributed by atoms with van der Waals surface area (Å²) in [7, 11) is -2.13. The lowest BCUT2D eigenvalue weighted by atomic mass is 9.93. The highest BCUT2D eigenvalue weighted by Crippen LogP contribution is 2.38. The lowest BCUT2D eigenvalue weighted by Crippen LogP contribution is -2.39. The Morgan fingerprint density at radius 3 is 2.40 bits per heavy atom. The van der Waals surface area contributed by atoms with Crippen LogP contribution in [0.1, 0.15) is 31.9 Å². The van der Waals surface area contributed by atoms with Gasteiger partial charge >= 0.3 is 0 Å². The van der Waals surface area contributed by atoms with Gasteiger partial charge in [0.25, 0.3) is 10.0 Å². The molecule has 1 amide bonds. The SMILES string of the molecule is CCOc1c(C)cc(S(=O)(=O)Nc2ccc3c(c2)OCC(C)(C)C(=O)N3C)cc1C. The molecule has 0 radical (unpaired) electrons. The molecular formula is C22H28N2O5S. The van der Waals surface area contributed by atoms with Crippen LogP contribution in [0.3, 0.4) is 0 Å². The number of fused-ring (bicyclic) bond motifs is 1. The zero-order valence-corrected chi connectivity index (χ0v) is 19.0. The molecular weight excluding hydrogens is 404 g/mol. The number of rotatable bonds is 5. The topological polar surface area (TPSA) is 84.9 Å². The molecule has 1 N–H and O–H groups in total. The Morgan fingerprint density at radius 2 is 1.80 bits per heavy atom. The van der Waals surface area contributed by atoms with Gasteiger partial charge in [0.05, 0.1) is 28.3 Å². The van der Waals surface area contributed by atoms with E-state index < -0.39 is 15.4 Å². The van der Waals surface area contributed by atoms with Crippen molar-refractivity contribution in [3.05, 3.63) is 41.5 Å². The lowest BCUT2D eigenvalue weighted by molar-refractivity contribution is -0.127. The Labute approximate surface area is 178 Å². The highest BCUT2D eigenvalue weighted by atomic mass is 32.2. The molecule has 0 aromatic heterocycles. The summed E-state index contributed by atoms with van der Waals surface area (Å²) in [6.45, 7) is 9.88. The number of benzene rings is 2. The van der Waals surface area contributed by atoms with Crippen molar-refractivity contribution in [2.24, 2.45) is 5.41 Å². The lowest BCUT2D eigenvalue weighted by Gasteiger charge is -2.24. The third-order valence-corrected chi connectivity index (χ3v) is 6.44. The molecule has 0 fully saturated rings. The predicted octanol–water partition coefficient (Wildman–Crippen LogP) is 3.88. The quantitative estimate of drug-likeness (QED) is 0.775. The van der Waals surface area contributed by atoms with E-state index in [4.69, 9.17) is 9.47 Å². The Balaban J connectivity index is 1.92. The molecule has 30 heavy (non-hydrogen) atoms. The van der Waals surface area contributed by atoms with Crippen LogP contribution in [-0.4, -0.2) is 34.6 Å². The van der Waals surface area contributed by atoms with Crippen molar-refractivity contribution in [2.75, 3.05) is 29.9 Å². The maximum absolute atomic E-state index is 13.0. The van der Waals surface area contributed by atoms with E-state index in [0.717, 1.165) is 11.1 Å². The maximum atomic E-state index is 13.0. The number of nitrogens with one attached hydrogen (secondary N) is 1. The zero-order valence-electron chi connectivity index (χ0n) is 18.2. The minimum absolute atomic E-state index is 0.0603. The average Bonchev–Trinajstić information content (AvgIpc) is 2.75. The molecule has 7 nitrogen and oxygen atoms in total. The number of carbonyl (C=O) groups excluding carboxylic acids is 1. The summed E-state index contributed by atoms with van der Waals surface area (Å²) >= 11 is 0. The minimum atomic E-state index is -3.81. The summed E-state index contributed by atoms with van der Waals surface area (Å²) in [5.41, 5.74) is 1.79. The largest absolute Gasteiger partial charge is 0.493 e. The second-order valence-electron chi connectivity index (χ2n) is 8.14. The molecule has 1 aliphatic rings. The van der Waals surface area contributed by atoms with Crippen LogP contribution in [-0.2, 0) is 14.8 Å². The summed E-state index contributed by atoms with van der Waals surface area (Å²) in [5.74, 6) is 1.09. The first kappa shape index (κ1) is 22.0. The van der Waals surface area contributed by atoms with Crippen LogP contribution in [0.25, 0.3) is 0 Å². The molecule has 0 saturated carbocycles. The normalized spacial score (nSPS) is 15.8. The van der Waals surface area contributed by atoms with Crippen molar-refractivity contribution in [3.8, 4) is 11.5 Å². The van der Waals surface area contributed by atoms with Gasteiger partial charge in [0.15, 0.2) is 0 Å². The molecule has 0 unspecified atom stereocenters. The Hall–Kier alpha value is -2.74. The number of nitrogens with zero attached hydrogens (tertiary/aromatic N) is 1. The van der Waals surface area contributed by atoms with Gasteiger partial charge in [-0.25, -0.2) is 8.42 Å². The Bertz CT molecular complexity index is 1070. The van der Waals surface area contributed by atoms with Crippen molar-refractivity contribution in [1.82, 2.24) is 0 Å². The molecule has 0 spiro atoms. The van der Waals surface area contributed by atoms with E-state index in [1.807, 2.05) is 34.6 Å². The van der Waals surface area contributed by atoms with Crippen molar-refractivity contribution < 1.29 is 22.7 Å². The van der Waals surface area contributed by atoms with Crippen LogP contribution in [0, 0.1) is 19.3 Å². The number of hydrogen-bond donors (Lipinski definition) is 1. The van der Waals surface area contributed by atoms with Crippen molar-refractivity contribution in [1.29, 1.82) is 0 Å². The van der Waals surface area contributed by atoms with Crippen LogP contribution >= 0.6 is 0 Å². The Kier molecular flexibility index (Phi) is 5.73. The van der Waals surface area contributed by atoms with Gasteiger partial charge in [-0.15, -0.1) is 0 Å². The first-order valence-electron chi connectivity index (χ1n) is 9.78. The summed E-state index contributed by atoms with van der Waals surface area (Å²) in [4.78, 5) is 14.3. The third kappa shape index (κ3) is 4.09. The second kappa shape index (κ2) is 7.83. The summed E-state index contributed by atoms with van der Waals surface area (Å²) in [6, 6.07) is 8.09. The van der Waals surface area contributed by atoms with Gasteiger partial charge in [-0.05, 0) is 70.0 Å². The summed E-state index contributed by atoms with van der Waals surface area (Å²) < 4.78 is 40.0. The highest BCUT2D eigenvalue weighted by Gasteiger charge is 2.36. The number of aryl methyl sites for hydroxylation is 2. The molecule has 162 valence electrons. The Morgan fingerprint density at radius 1 is 1.17 bits per heavy atom. The van der Waals surface area contributed by atoms with Gasteiger partial charge in [-0.2, -0.15) is 0 Å². The number of amides is 1. The molecule has 1 heterocycles. The van der Waals surface area contributed by atoms with E-state index in [1.165, 1.54) is 0 Å². The van der Waals surface area contributed by atoms with Crippen molar-refractivity contribution in [3.63, 3.8) is 0 Å². The van der Waals surface area contributed by atoms with Crippen LogP contribution in [0.5, 0.6) is 11.5 Å². The van der Waals surface area contributed by atoms with Gasteiger partial charge in [0.1, 0.15) is 18.1 Å².